The van der Waals surface area contributed by atoms with Gasteiger partial charge in [-0.3, -0.25) is 4.90 Å². The molecule has 1 aliphatic rings. The summed E-state index contributed by atoms with van der Waals surface area (Å²) < 4.78 is 0. The van der Waals surface area contributed by atoms with Crippen LogP contribution in [0.15, 0.2) is 30.9 Å². The molecule has 2 nitrogen and oxygen atoms in total. The number of fused-ring (bicyclic) bond motifs is 1. The van der Waals surface area contributed by atoms with E-state index in [4.69, 9.17) is 0 Å². The van der Waals surface area contributed by atoms with Crippen LogP contribution in [0.3, 0.4) is 0 Å². The number of benzene rings is 1. The van der Waals surface area contributed by atoms with E-state index in [2.05, 4.69) is 24.5 Å². The van der Waals surface area contributed by atoms with E-state index in [1.165, 1.54) is 11.1 Å². The quantitative estimate of drug-likeness (QED) is 0.769. The van der Waals surface area contributed by atoms with E-state index >= 15 is 0 Å². The van der Waals surface area contributed by atoms with Crippen LogP contribution in [0.2, 0.25) is 0 Å². The highest BCUT2D eigenvalue weighted by Gasteiger charge is 2.19. The van der Waals surface area contributed by atoms with Crippen molar-refractivity contribution in [1.29, 1.82) is 0 Å². The topological polar surface area (TPSA) is 23.5 Å². The lowest BCUT2D eigenvalue weighted by atomic mass is 10.0. The molecule has 0 radical (unpaired) electrons. The molecule has 0 fully saturated rings. The van der Waals surface area contributed by atoms with Crippen LogP contribution in [0.25, 0.3) is 0 Å². The highest BCUT2D eigenvalue weighted by molar-refractivity contribution is 5.36. The Morgan fingerprint density at radius 2 is 2.31 bits per heavy atom. The number of phenols is 1. The van der Waals surface area contributed by atoms with Gasteiger partial charge in [-0.2, -0.15) is 0 Å². The molecule has 1 aliphatic heterocycles. The van der Waals surface area contributed by atoms with Gasteiger partial charge in [-0.15, -0.1) is 6.58 Å². The molecule has 16 heavy (non-hydrogen) atoms. The second-order valence-electron chi connectivity index (χ2n) is 4.54. The third-order valence-corrected chi connectivity index (χ3v) is 3.36. The number of rotatable bonds is 2. The average molecular weight is 217 g/mol. The van der Waals surface area contributed by atoms with Gasteiger partial charge in [0.2, 0.25) is 0 Å². The van der Waals surface area contributed by atoms with Crippen molar-refractivity contribution in [2.75, 3.05) is 13.1 Å². The molecule has 1 heterocycles. The zero-order valence-electron chi connectivity index (χ0n) is 9.82. The minimum atomic E-state index is 0.378. The molecule has 2 heteroatoms. The fraction of sp³-hybridized carbons (Fsp3) is 0.429. The van der Waals surface area contributed by atoms with E-state index in [1.807, 2.05) is 12.1 Å². The minimum Gasteiger partial charge on any atom is -0.508 e. The SMILES string of the molecule is C=CCN1CCc2ccc(O)cc2CC1C. The summed E-state index contributed by atoms with van der Waals surface area (Å²) in [6, 6.07) is 6.26. The number of hydrogen-bond donors (Lipinski definition) is 1. The van der Waals surface area contributed by atoms with Gasteiger partial charge in [-0.05, 0) is 43.0 Å². The summed E-state index contributed by atoms with van der Waals surface area (Å²) in [5.41, 5.74) is 2.66. The number of nitrogens with zero attached hydrogens (tertiary/aromatic N) is 1. The Kier molecular flexibility index (Phi) is 3.30. The largest absolute Gasteiger partial charge is 0.508 e. The van der Waals surface area contributed by atoms with Crippen LogP contribution in [0.1, 0.15) is 18.1 Å². The Morgan fingerprint density at radius 1 is 1.50 bits per heavy atom. The van der Waals surface area contributed by atoms with Crippen molar-refractivity contribution in [2.45, 2.75) is 25.8 Å². The summed E-state index contributed by atoms with van der Waals surface area (Å²) in [7, 11) is 0. The maximum Gasteiger partial charge on any atom is 0.115 e. The molecule has 0 saturated carbocycles. The third-order valence-electron chi connectivity index (χ3n) is 3.36. The summed E-state index contributed by atoms with van der Waals surface area (Å²) in [6.45, 7) is 8.06. The first kappa shape index (κ1) is 11.2. The highest BCUT2D eigenvalue weighted by Crippen LogP contribution is 2.23. The van der Waals surface area contributed by atoms with Crippen molar-refractivity contribution < 1.29 is 5.11 Å². The van der Waals surface area contributed by atoms with E-state index in [1.54, 1.807) is 6.07 Å². The smallest absolute Gasteiger partial charge is 0.115 e. The predicted molar refractivity (Wildman–Crippen MR) is 66.7 cm³/mol. The Balaban J connectivity index is 2.22. The molecule has 0 amide bonds. The first-order valence-electron chi connectivity index (χ1n) is 5.86. The van der Waals surface area contributed by atoms with Gasteiger partial charge in [0.1, 0.15) is 5.75 Å². The molecule has 0 aromatic heterocycles. The van der Waals surface area contributed by atoms with Crippen molar-refractivity contribution in [3.8, 4) is 5.75 Å². The van der Waals surface area contributed by atoms with Crippen molar-refractivity contribution in [2.24, 2.45) is 0 Å². The summed E-state index contributed by atoms with van der Waals surface area (Å²) in [4.78, 5) is 2.43. The standard InChI is InChI=1S/C14H19NO/c1-3-7-15-8-6-12-4-5-14(16)10-13(12)9-11(15)2/h3-5,10-11,16H,1,6-9H2,2H3. The molecule has 1 aromatic carbocycles. The molecule has 0 spiro atoms. The van der Waals surface area contributed by atoms with Gasteiger partial charge in [-0.25, -0.2) is 0 Å². The van der Waals surface area contributed by atoms with E-state index in [9.17, 15) is 5.11 Å². The molecule has 1 unspecified atom stereocenters. The Labute approximate surface area is 97.2 Å². The molecular weight excluding hydrogens is 198 g/mol. The molecule has 0 bridgehead atoms. The van der Waals surface area contributed by atoms with Crippen molar-refractivity contribution in [3.63, 3.8) is 0 Å². The second-order valence-corrected chi connectivity index (χ2v) is 4.54. The van der Waals surface area contributed by atoms with Gasteiger partial charge in [-0.1, -0.05) is 12.1 Å². The summed E-state index contributed by atoms with van der Waals surface area (Å²) in [6.07, 6.45) is 4.04. The molecule has 86 valence electrons. The highest BCUT2D eigenvalue weighted by atomic mass is 16.3. The van der Waals surface area contributed by atoms with Crippen molar-refractivity contribution >= 4 is 0 Å². The minimum absolute atomic E-state index is 0.378. The molecular formula is C14H19NO. The van der Waals surface area contributed by atoms with Crippen molar-refractivity contribution in [3.05, 3.63) is 42.0 Å². The van der Waals surface area contributed by atoms with E-state index < -0.39 is 0 Å². The molecule has 1 N–H and O–H groups in total. The van der Waals surface area contributed by atoms with Gasteiger partial charge in [0.25, 0.3) is 0 Å². The molecule has 0 saturated heterocycles. The summed E-state index contributed by atoms with van der Waals surface area (Å²) in [5, 5.41) is 9.51. The molecule has 1 atom stereocenters. The van der Waals surface area contributed by atoms with Crippen LogP contribution < -0.4 is 0 Å². The van der Waals surface area contributed by atoms with Gasteiger partial charge in [0.05, 0.1) is 0 Å². The summed E-state index contributed by atoms with van der Waals surface area (Å²) >= 11 is 0. The maximum absolute atomic E-state index is 9.51. The summed E-state index contributed by atoms with van der Waals surface area (Å²) in [5.74, 6) is 0.378. The van der Waals surface area contributed by atoms with Crippen LogP contribution in [-0.2, 0) is 12.8 Å². The normalized spacial score (nSPS) is 21.2. The van der Waals surface area contributed by atoms with Gasteiger partial charge in [0, 0.05) is 19.1 Å². The first-order chi connectivity index (χ1) is 7.70. The molecule has 1 aromatic rings. The zero-order valence-corrected chi connectivity index (χ0v) is 9.82. The lowest BCUT2D eigenvalue weighted by Crippen LogP contribution is -2.34. The van der Waals surface area contributed by atoms with Crippen molar-refractivity contribution in [1.82, 2.24) is 4.90 Å². The van der Waals surface area contributed by atoms with Gasteiger partial charge >= 0.3 is 0 Å². The first-order valence-corrected chi connectivity index (χ1v) is 5.86. The lowest BCUT2D eigenvalue weighted by molar-refractivity contribution is 0.240. The third kappa shape index (κ3) is 2.27. The van der Waals surface area contributed by atoms with Gasteiger partial charge < -0.3 is 5.11 Å². The number of phenolic OH excluding ortho intramolecular Hbond substituents is 1. The second kappa shape index (κ2) is 4.71. The Morgan fingerprint density at radius 3 is 3.06 bits per heavy atom. The maximum atomic E-state index is 9.51. The Bertz CT molecular complexity index is 386. The van der Waals surface area contributed by atoms with Crippen LogP contribution in [-0.4, -0.2) is 29.1 Å². The average Bonchev–Trinajstić information content (AvgIpc) is 2.39. The fourth-order valence-corrected chi connectivity index (χ4v) is 2.42. The monoisotopic (exact) mass is 217 g/mol. The fourth-order valence-electron chi connectivity index (χ4n) is 2.42. The van der Waals surface area contributed by atoms with Crippen LogP contribution in [0, 0.1) is 0 Å². The van der Waals surface area contributed by atoms with Gasteiger partial charge in [0.15, 0.2) is 0 Å². The van der Waals surface area contributed by atoms with E-state index in [-0.39, 0.29) is 0 Å². The molecule has 2 rings (SSSR count). The van der Waals surface area contributed by atoms with E-state index in [0.29, 0.717) is 11.8 Å². The predicted octanol–water partition coefficient (Wildman–Crippen LogP) is 2.37. The van der Waals surface area contributed by atoms with Crippen LogP contribution in [0.4, 0.5) is 0 Å². The van der Waals surface area contributed by atoms with Crippen LogP contribution >= 0.6 is 0 Å². The van der Waals surface area contributed by atoms with Crippen LogP contribution in [0.5, 0.6) is 5.75 Å². The molecule has 0 aliphatic carbocycles. The number of hydrogen-bond acceptors (Lipinski definition) is 2. The zero-order chi connectivity index (χ0) is 11.5. The lowest BCUT2D eigenvalue weighted by Gasteiger charge is -2.25. The number of aromatic hydroxyl groups is 1. The van der Waals surface area contributed by atoms with E-state index in [0.717, 1.165) is 25.9 Å². The Hall–Kier alpha value is -1.28.